The minimum absolute atomic E-state index is 0.219. The first-order valence-electron chi connectivity index (χ1n) is 7.96. The second-order valence-corrected chi connectivity index (χ2v) is 5.81. The number of hydrogen-bond acceptors (Lipinski definition) is 3. The molecule has 0 aliphatic rings. The first kappa shape index (κ1) is 15.1. The van der Waals surface area contributed by atoms with E-state index < -0.39 is 0 Å². The van der Waals surface area contributed by atoms with E-state index in [0.717, 1.165) is 16.3 Å². The fraction of sp³-hybridized carbons (Fsp3) is 0.0500. The summed E-state index contributed by atoms with van der Waals surface area (Å²) in [6, 6.07) is 21.1. The number of hydrogen-bond donors (Lipinski definition) is 2. The number of nitrogens with one attached hydrogen (secondary N) is 2. The molecule has 1 heterocycles. The number of carbonyl (C=O) groups is 1. The summed E-state index contributed by atoms with van der Waals surface area (Å²) in [5, 5.41) is 12.4. The van der Waals surface area contributed by atoms with E-state index in [0.29, 0.717) is 17.3 Å². The molecule has 4 rings (SSSR count). The summed E-state index contributed by atoms with van der Waals surface area (Å²) in [5.41, 5.74) is 0.915. The maximum absolute atomic E-state index is 12.5. The highest BCUT2D eigenvalue weighted by Gasteiger charge is 2.13. The van der Waals surface area contributed by atoms with Gasteiger partial charge in [-0.2, -0.15) is 5.10 Å². The molecule has 0 unspecified atom stereocenters. The maximum Gasteiger partial charge on any atom is 0.272 e. The molecule has 2 N–H and O–H groups in total. The minimum Gasteiger partial charge on any atom is -0.347 e. The fourth-order valence-electron chi connectivity index (χ4n) is 2.90. The highest BCUT2D eigenvalue weighted by atomic mass is 16.2. The van der Waals surface area contributed by atoms with Gasteiger partial charge in [0.2, 0.25) is 0 Å². The lowest BCUT2D eigenvalue weighted by molar-refractivity contribution is 0.0946. The van der Waals surface area contributed by atoms with Crippen molar-refractivity contribution in [1.82, 2.24) is 15.5 Å². The normalized spacial score (nSPS) is 10.9. The van der Waals surface area contributed by atoms with Crippen LogP contribution in [0.5, 0.6) is 0 Å². The summed E-state index contributed by atoms with van der Waals surface area (Å²) in [4.78, 5) is 24.3. The number of rotatable bonds is 3. The van der Waals surface area contributed by atoms with E-state index in [9.17, 15) is 9.59 Å². The number of benzene rings is 3. The van der Waals surface area contributed by atoms with Gasteiger partial charge in [-0.3, -0.25) is 9.59 Å². The smallest absolute Gasteiger partial charge is 0.272 e. The van der Waals surface area contributed by atoms with Crippen LogP contribution in [-0.2, 0) is 6.54 Å². The van der Waals surface area contributed by atoms with Gasteiger partial charge in [-0.25, -0.2) is 5.10 Å². The molecule has 5 heteroatoms. The van der Waals surface area contributed by atoms with Crippen molar-refractivity contribution in [2.45, 2.75) is 6.54 Å². The van der Waals surface area contributed by atoms with Crippen LogP contribution < -0.4 is 10.9 Å². The first-order chi connectivity index (χ1) is 12.2. The molecular weight excluding hydrogens is 314 g/mol. The predicted molar refractivity (Wildman–Crippen MR) is 97.5 cm³/mol. The first-order valence-corrected chi connectivity index (χ1v) is 7.96. The molecule has 0 atom stereocenters. The summed E-state index contributed by atoms with van der Waals surface area (Å²) in [6.45, 7) is 0.388. The molecule has 0 bridgehead atoms. The monoisotopic (exact) mass is 329 g/mol. The molecule has 5 nitrogen and oxygen atoms in total. The summed E-state index contributed by atoms with van der Waals surface area (Å²) in [5.74, 6) is -0.319. The largest absolute Gasteiger partial charge is 0.347 e. The standard InChI is InChI=1S/C20H15N3O2/c24-19-17-8-4-3-7-16(17)18(22-23-19)20(25)21-12-13-9-10-14-5-1-2-6-15(14)11-13/h1-11H,12H2,(H,21,25)(H,23,24). The summed E-state index contributed by atoms with van der Waals surface area (Å²) in [6.07, 6.45) is 0. The lowest BCUT2D eigenvalue weighted by atomic mass is 10.1. The van der Waals surface area contributed by atoms with Crippen LogP contribution in [0.1, 0.15) is 16.1 Å². The van der Waals surface area contributed by atoms with E-state index in [-0.39, 0.29) is 17.2 Å². The van der Waals surface area contributed by atoms with Crippen LogP contribution in [0.2, 0.25) is 0 Å². The Morgan fingerprint density at radius 3 is 2.48 bits per heavy atom. The average molecular weight is 329 g/mol. The molecule has 25 heavy (non-hydrogen) atoms. The maximum atomic E-state index is 12.5. The van der Waals surface area contributed by atoms with E-state index in [2.05, 4.69) is 15.5 Å². The number of nitrogens with zero attached hydrogens (tertiary/aromatic N) is 1. The second kappa shape index (κ2) is 6.20. The van der Waals surface area contributed by atoms with Crippen LogP contribution in [0, 0.1) is 0 Å². The quantitative estimate of drug-likeness (QED) is 0.607. The Morgan fingerprint density at radius 1 is 0.920 bits per heavy atom. The SMILES string of the molecule is O=C(NCc1ccc2ccccc2c1)c1n[nH]c(=O)c2ccccc12. The van der Waals surface area contributed by atoms with Gasteiger partial charge in [-0.15, -0.1) is 0 Å². The fourth-order valence-corrected chi connectivity index (χ4v) is 2.90. The van der Waals surface area contributed by atoms with Gasteiger partial charge in [0, 0.05) is 11.9 Å². The Morgan fingerprint density at radius 2 is 1.64 bits per heavy atom. The molecule has 1 amide bonds. The number of amides is 1. The van der Waals surface area contributed by atoms with Gasteiger partial charge >= 0.3 is 0 Å². The van der Waals surface area contributed by atoms with Crippen LogP contribution in [-0.4, -0.2) is 16.1 Å². The third-order valence-corrected chi connectivity index (χ3v) is 4.18. The molecule has 0 saturated carbocycles. The number of carbonyl (C=O) groups excluding carboxylic acids is 1. The third kappa shape index (κ3) is 2.87. The van der Waals surface area contributed by atoms with Crippen molar-refractivity contribution in [3.05, 3.63) is 88.3 Å². The van der Waals surface area contributed by atoms with E-state index in [4.69, 9.17) is 0 Å². The van der Waals surface area contributed by atoms with Crippen molar-refractivity contribution in [3.63, 3.8) is 0 Å². The van der Waals surface area contributed by atoms with Crippen molar-refractivity contribution in [2.75, 3.05) is 0 Å². The highest BCUT2D eigenvalue weighted by molar-refractivity contribution is 6.04. The molecule has 0 aliphatic carbocycles. The lowest BCUT2D eigenvalue weighted by Gasteiger charge is -2.08. The van der Waals surface area contributed by atoms with Gasteiger partial charge in [0.25, 0.3) is 11.5 Å². The Balaban J connectivity index is 1.60. The van der Waals surface area contributed by atoms with E-state index >= 15 is 0 Å². The number of H-pyrrole nitrogens is 1. The van der Waals surface area contributed by atoms with Gasteiger partial charge in [0.05, 0.1) is 5.39 Å². The van der Waals surface area contributed by atoms with Crippen molar-refractivity contribution >= 4 is 27.5 Å². The summed E-state index contributed by atoms with van der Waals surface area (Å²) in [7, 11) is 0. The van der Waals surface area contributed by atoms with Crippen molar-refractivity contribution in [2.24, 2.45) is 0 Å². The Labute approximate surface area is 143 Å². The molecule has 3 aromatic carbocycles. The van der Waals surface area contributed by atoms with Gasteiger partial charge < -0.3 is 5.32 Å². The van der Waals surface area contributed by atoms with Gasteiger partial charge in [0.1, 0.15) is 0 Å². The molecule has 0 spiro atoms. The average Bonchev–Trinajstić information content (AvgIpc) is 2.66. The van der Waals surface area contributed by atoms with Gasteiger partial charge in [-0.1, -0.05) is 54.6 Å². The van der Waals surface area contributed by atoms with Crippen molar-refractivity contribution < 1.29 is 4.79 Å². The molecule has 1 aromatic heterocycles. The Kier molecular flexibility index (Phi) is 3.74. The molecule has 0 aliphatic heterocycles. The van der Waals surface area contributed by atoms with Crippen LogP contribution in [0.25, 0.3) is 21.5 Å². The van der Waals surface area contributed by atoms with Gasteiger partial charge in [-0.05, 0) is 28.5 Å². The lowest BCUT2D eigenvalue weighted by Crippen LogP contribution is -2.26. The van der Waals surface area contributed by atoms with Crippen LogP contribution in [0.4, 0.5) is 0 Å². The number of fused-ring (bicyclic) bond motifs is 2. The van der Waals surface area contributed by atoms with Crippen LogP contribution in [0.15, 0.2) is 71.5 Å². The van der Waals surface area contributed by atoms with E-state index in [1.807, 2.05) is 42.5 Å². The summed E-state index contributed by atoms with van der Waals surface area (Å²) >= 11 is 0. The molecular formula is C20H15N3O2. The van der Waals surface area contributed by atoms with E-state index in [1.54, 1.807) is 24.3 Å². The third-order valence-electron chi connectivity index (χ3n) is 4.18. The molecule has 4 aromatic rings. The number of aromatic nitrogens is 2. The minimum atomic E-state index is -0.319. The van der Waals surface area contributed by atoms with Crippen molar-refractivity contribution in [3.8, 4) is 0 Å². The zero-order valence-electron chi connectivity index (χ0n) is 13.3. The van der Waals surface area contributed by atoms with Crippen molar-refractivity contribution in [1.29, 1.82) is 0 Å². The molecule has 0 saturated heterocycles. The zero-order valence-corrected chi connectivity index (χ0v) is 13.3. The Bertz CT molecular complexity index is 1150. The van der Waals surface area contributed by atoms with Gasteiger partial charge in [0.15, 0.2) is 5.69 Å². The summed E-state index contributed by atoms with van der Waals surface area (Å²) < 4.78 is 0. The topological polar surface area (TPSA) is 74.8 Å². The molecule has 0 fully saturated rings. The van der Waals surface area contributed by atoms with Crippen LogP contribution >= 0.6 is 0 Å². The zero-order chi connectivity index (χ0) is 17.2. The molecule has 122 valence electrons. The molecule has 0 radical (unpaired) electrons. The Hall–Kier alpha value is -3.47. The van der Waals surface area contributed by atoms with Crippen LogP contribution in [0.3, 0.4) is 0 Å². The highest BCUT2D eigenvalue weighted by Crippen LogP contribution is 2.16. The van der Waals surface area contributed by atoms with E-state index in [1.165, 1.54) is 0 Å². The second-order valence-electron chi connectivity index (χ2n) is 5.81. The predicted octanol–water partition coefficient (Wildman–Crippen LogP) is 3.01. The number of aromatic amines is 1.